The third-order valence-corrected chi connectivity index (χ3v) is 2.61. The Hall–Kier alpha value is -0.730. The van der Waals surface area contributed by atoms with Crippen LogP contribution in [0.1, 0.15) is 11.7 Å². The fraction of sp³-hybridized carbons (Fsp3) is 0.111. The molecule has 1 atom stereocenters. The zero-order valence-corrected chi connectivity index (χ0v) is 6.71. The highest BCUT2D eigenvalue weighted by Crippen LogP contribution is 2.33. The molecule has 1 aliphatic rings. The predicted octanol–water partition coefficient (Wildman–Crippen LogP) is 2.34. The molecule has 0 fully saturated rings. The summed E-state index contributed by atoms with van der Waals surface area (Å²) < 4.78 is 0. The van der Waals surface area contributed by atoms with E-state index in [0.29, 0.717) is 0 Å². The highest BCUT2D eigenvalue weighted by molar-refractivity contribution is 8.02. The van der Waals surface area contributed by atoms with E-state index < -0.39 is 6.10 Å². The third kappa shape index (κ3) is 1.19. The Kier molecular flexibility index (Phi) is 1.72. The maximum atomic E-state index is 9.46. The Balaban J connectivity index is 2.50. The standard InChI is InChI=1S/C9H8OS/c10-8-5-6-11-9-4-2-1-3-7(8)9/h1-6,8,10H. The molecule has 0 bridgehead atoms. The van der Waals surface area contributed by atoms with Crippen molar-refractivity contribution in [2.24, 2.45) is 0 Å². The van der Waals surface area contributed by atoms with E-state index in [1.165, 1.54) is 0 Å². The molecule has 56 valence electrons. The first-order valence-corrected chi connectivity index (χ1v) is 4.36. The van der Waals surface area contributed by atoms with Crippen LogP contribution in [-0.2, 0) is 0 Å². The Bertz CT molecular complexity index is 293. The number of rotatable bonds is 0. The minimum atomic E-state index is -0.410. The molecule has 11 heavy (non-hydrogen) atoms. The summed E-state index contributed by atoms with van der Waals surface area (Å²) in [5.41, 5.74) is 1.01. The van der Waals surface area contributed by atoms with Crippen molar-refractivity contribution in [3.05, 3.63) is 41.3 Å². The van der Waals surface area contributed by atoms with Crippen molar-refractivity contribution < 1.29 is 5.11 Å². The Morgan fingerprint density at radius 3 is 2.91 bits per heavy atom. The van der Waals surface area contributed by atoms with Gasteiger partial charge >= 0.3 is 0 Å². The predicted molar refractivity (Wildman–Crippen MR) is 46.4 cm³/mol. The lowest BCUT2D eigenvalue weighted by atomic mass is 10.1. The molecule has 0 spiro atoms. The largest absolute Gasteiger partial charge is 0.384 e. The summed E-state index contributed by atoms with van der Waals surface area (Å²) in [5, 5.41) is 11.4. The molecule has 1 nitrogen and oxygen atoms in total. The van der Waals surface area contributed by atoms with Crippen LogP contribution in [0.15, 0.2) is 40.6 Å². The van der Waals surface area contributed by atoms with Gasteiger partial charge in [-0.1, -0.05) is 30.0 Å². The number of fused-ring (bicyclic) bond motifs is 1. The fourth-order valence-corrected chi connectivity index (χ4v) is 1.98. The fourth-order valence-electron chi connectivity index (χ4n) is 1.12. The summed E-state index contributed by atoms with van der Waals surface area (Å²) in [5.74, 6) is 0. The number of benzene rings is 1. The summed E-state index contributed by atoms with van der Waals surface area (Å²) in [6, 6.07) is 7.91. The van der Waals surface area contributed by atoms with E-state index >= 15 is 0 Å². The van der Waals surface area contributed by atoms with Gasteiger partial charge in [0.25, 0.3) is 0 Å². The van der Waals surface area contributed by atoms with Crippen LogP contribution in [0.5, 0.6) is 0 Å². The first-order chi connectivity index (χ1) is 5.38. The molecule has 0 aromatic heterocycles. The van der Waals surface area contributed by atoms with E-state index in [1.807, 2.05) is 29.7 Å². The van der Waals surface area contributed by atoms with Crippen molar-refractivity contribution in [3.63, 3.8) is 0 Å². The maximum Gasteiger partial charge on any atom is 0.0990 e. The molecule has 0 radical (unpaired) electrons. The smallest absolute Gasteiger partial charge is 0.0990 e. The van der Waals surface area contributed by atoms with E-state index in [2.05, 4.69) is 0 Å². The lowest BCUT2D eigenvalue weighted by Gasteiger charge is -2.14. The number of aliphatic hydroxyl groups is 1. The Morgan fingerprint density at radius 2 is 2.09 bits per heavy atom. The topological polar surface area (TPSA) is 20.2 Å². The second kappa shape index (κ2) is 2.72. The maximum absolute atomic E-state index is 9.46. The van der Waals surface area contributed by atoms with Gasteiger partial charge in [-0.25, -0.2) is 0 Å². The van der Waals surface area contributed by atoms with Crippen molar-refractivity contribution in [1.29, 1.82) is 0 Å². The molecule has 1 aromatic carbocycles. The van der Waals surface area contributed by atoms with Gasteiger partial charge in [-0.05, 0) is 23.1 Å². The van der Waals surface area contributed by atoms with Gasteiger partial charge in [0.15, 0.2) is 0 Å². The quantitative estimate of drug-likeness (QED) is 0.635. The van der Waals surface area contributed by atoms with E-state index in [9.17, 15) is 5.11 Å². The molecule has 1 heterocycles. The van der Waals surface area contributed by atoms with Crippen LogP contribution >= 0.6 is 11.8 Å². The molecular weight excluding hydrogens is 156 g/mol. The van der Waals surface area contributed by atoms with Crippen LogP contribution in [0.2, 0.25) is 0 Å². The van der Waals surface area contributed by atoms with Crippen LogP contribution in [0.25, 0.3) is 0 Å². The van der Waals surface area contributed by atoms with E-state index in [0.717, 1.165) is 10.5 Å². The molecule has 0 aliphatic carbocycles. The van der Waals surface area contributed by atoms with Crippen molar-refractivity contribution in [1.82, 2.24) is 0 Å². The van der Waals surface area contributed by atoms with Gasteiger partial charge in [-0.2, -0.15) is 0 Å². The van der Waals surface area contributed by atoms with E-state index in [4.69, 9.17) is 0 Å². The van der Waals surface area contributed by atoms with Gasteiger partial charge in [0, 0.05) is 4.90 Å². The van der Waals surface area contributed by atoms with E-state index in [1.54, 1.807) is 17.8 Å². The molecule has 0 saturated carbocycles. The van der Waals surface area contributed by atoms with Crippen molar-refractivity contribution in [2.45, 2.75) is 11.0 Å². The number of hydrogen-bond acceptors (Lipinski definition) is 2. The number of thioether (sulfide) groups is 1. The number of aliphatic hydroxyl groups excluding tert-OH is 1. The number of hydrogen-bond donors (Lipinski definition) is 1. The Morgan fingerprint density at radius 1 is 1.27 bits per heavy atom. The average molecular weight is 164 g/mol. The van der Waals surface area contributed by atoms with E-state index in [-0.39, 0.29) is 0 Å². The molecule has 1 N–H and O–H groups in total. The van der Waals surface area contributed by atoms with Crippen LogP contribution in [0, 0.1) is 0 Å². The average Bonchev–Trinajstić information content (AvgIpc) is 2.06. The third-order valence-electron chi connectivity index (χ3n) is 1.69. The van der Waals surface area contributed by atoms with Crippen molar-refractivity contribution in [2.75, 3.05) is 0 Å². The monoisotopic (exact) mass is 164 g/mol. The van der Waals surface area contributed by atoms with Gasteiger partial charge in [-0.15, -0.1) is 0 Å². The second-order valence-corrected chi connectivity index (χ2v) is 3.38. The van der Waals surface area contributed by atoms with Gasteiger partial charge < -0.3 is 5.11 Å². The van der Waals surface area contributed by atoms with Crippen LogP contribution in [0.3, 0.4) is 0 Å². The van der Waals surface area contributed by atoms with Crippen molar-refractivity contribution in [3.8, 4) is 0 Å². The highest BCUT2D eigenvalue weighted by atomic mass is 32.2. The summed E-state index contributed by atoms with van der Waals surface area (Å²) >= 11 is 1.65. The lowest BCUT2D eigenvalue weighted by Crippen LogP contribution is -1.97. The van der Waals surface area contributed by atoms with Crippen molar-refractivity contribution >= 4 is 11.8 Å². The van der Waals surface area contributed by atoms with Crippen LogP contribution in [0.4, 0.5) is 0 Å². The zero-order chi connectivity index (χ0) is 7.68. The summed E-state index contributed by atoms with van der Waals surface area (Å²) in [4.78, 5) is 1.16. The molecule has 1 unspecified atom stereocenters. The summed E-state index contributed by atoms with van der Waals surface area (Å²) in [6.07, 6.45) is 1.39. The molecule has 1 aromatic rings. The highest BCUT2D eigenvalue weighted by Gasteiger charge is 2.11. The second-order valence-electron chi connectivity index (χ2n) is 2.43. The normalized spacial score (nSPS) is 21.4. The summed E-state index contributed by atoms with van der Waals surface area (Å²) in [6.45, 7) is 0. The molecule has 1 aliphatic heterocycles. The SMILES string of the molecule is OC1C=CSc2ccccc21. The lowest BCUT2D eigenvalue weighted by molar-refractivity contribution is 0.225. The molecule has 0 saturated heterocycles. The zero-order valence-electron chi connectivity index (χ0n) is 5.90. The van der Waals surface area contributed by atoms with Gasteiger partial charge in [0.1, 0.15) is 0 Å². The van der Waals surface area contributed by atoms with Crippen LogP contribution < -0.4 is 0 Å². The molecule has 0 amide bonds. The van der Waals surface area contributed by atoms with Crippen LogP contribution in [-0.4, -0.2) is 5.11 Å². The van der Waals surface area contributed by atoms with Gasteiger partial charge in [-0.3, -0.25) is 0 Å². The van der Waals surface area contributed by atoms with Gasteiger partial charge in [0.2, 0.25) is 0 Å². The minimum absolute atomic E-state index is 0.410. The minimum Gasteiger partial charge on any atom is -0.384 e. The summed E-state index contributed by atoms with van der Waals surface area (Å²) in [7, 11) is 0. The van der Waals surface area contributed by atoms with Gasteiger partial charge in [0.05, 0.1) is 6.10 Å². The first kappa shape index (κ1) is 6.95. The molecular formula is C9H8OS. The molecule has 2 rings (SSSR count). The molecule has 2 heteroatoms. The Labute approximate surface area is 69.7 Å². The first-order valence-electron chi connectivity index (χ1n) is 3.48.